The van der Waals surface area contributed by atoms with Gasteiger partial charge in [0.1, 0.15) is 10.7 Å². The number of likely N-dealkylation sites (tertiary alicyclic amines) is 1. The minimum Gasteiger partial charge on any atom is -0.351 e. The highest BCUT2D eigenvalue weighted by Crippen LogP contribution is 2.26. The molecule has 1 saturated heterocycles. The van der Waals surface area contributed by atoms with E-state index >= 15 is 0 Å². The monoisotopic (exact) mass is 498 g/mol. The number of aromatic amines is 1. The van der Waals surface area contributed by atoms with E-state index in [1.807, 2.05) is 26.8 Å². The SMILES string of the molecule is Cc1sc2nc(CSC(C)C(=O)NCc3ccccc3CN3CCCC(C)C3)[nH]c(=O)c2c1C. The molecule has 1 amide bonds. The summed E-state index contributed by atoms with van der Waals surface area (Å²) in [5.74, 6) is 1.85. The largest absolute Gasteiger partial charge is 0.351 e. The van der Waals surface area contributed by atoms with Crippen LogP contribution in [-0.2, 0) is 23.6 Å². The van der Waals surface area contributed by atoms with Crippen LogP contribution in [0.3, 0.4) is 0 Å². The maximum atomic E-state index is 12.8. The maximum Gasteiger partial charge on any atom is 0.259 e. The standard InChI is InChI=1S/C26H34N4O2S2/c1-16-8-7-11-30(13-16)14-21-10-6-5-9-20(21)12-27-24(31)19(4)33-15-22-28-25(32)23-17(2)18(3)34-26(23)29-22/h5-6,9-10,16,19H,7-8,11-15H2,1-4H3,(H,27,31)(H,28,29,32). The number of carbonyl (C=O) groups excluding carboxylic acids is 1. The van der Waals surface area contributed by atoms with Crippen LogP contribution in [0.25, 0.3) is 10.2 Å². The van der Waals surface area contributed by atoms with Crippen molar-refractivity contribution in [2.75, 3.05) is 13.1 Å². The summed E-state index contributed by atoms with van der Waals surface area (Å²) in [5, 5.41) is 3.54. The number of nitrogens with one attached hydrogen (secondary N) is 2. The molecule has 0 saturated carbocycles. The first-order valence-corrected chi connectivity index (χ1v) is 13.9. The average molecular weight is 499 g/mol. The van der Waals surface area contributed by atoms with Gasteiger partial charge in [0.2, 0.25) is 5.91 Å². The van der Waals surface area contributed by atoms with Crippen molar-refractivity contribution in [1.82, 2.24) is 20.2 Å². The van der Waals surface area contributed by atoms with Crippen molar-refractivity contribution in [1.29, 1.82) is 0 Å². The fourth-order valence-electron chi connectivity index (χ4n) is 4.53. The van der Waals surface area contributed by atoms with Gasteiger partial charge in [0.25, 0.3) is 5.56 Å². The van der Waals surface area contributed by atoms with Crippen LogP contribution >= 0.6 is 23.1 Å². The zero-order valence-corrected chi connectivity index (χ0v) is 22.1. The Bertz CT molecular complexity index is 1220. The summed E-state index contributed by atoms with van der Waals surface area (Å²) in [6.45, 7) is 11.9. The molecule has 8 heteroatoms. The van der Waals surface area contributed by atoms with Gasteiger partial charge in [-0.05, 0) is 62.8 Å². The minimum atomic E-state index is -0.247. The van der Waals surface area contributed by atoms with E-state index in [-0.39, 0.29) is 16.7 Å². The van der Waals surface area contributed by atoms with Crippen LogP contribution < -0.4 is 10.9 Å². The second kappa shape index (κ2) is 11.1. The highest BCUT2D eigenvalue weighted by molar-refractivity contribution is 7.99. The highest BCUT2D eigenvalue weighted by atomic mass is 32.2. The summed E-state index contributed by atoms with van der Waals surface area (Å²) in [4.78, 5) is 37.2. The number of aryl methyl sites for hydroxylation is 2. The normalized spacial score (nSPS) is 17.7. The lowest BCUT2D eigenvalue weighted by Gasteiger charge is -2.31. The van der Waals surface area contributed by atoms with Crippen molar-refractivity contribution < 1.29 is 4.79 Å². The summed E-state index contributed by atoms with van der Waals surface area (Å²) in [5.41, 5.74) is 3.36. The molecule has 0 bridgehead atoms. The molecule has 4 rings (SSSR count). The van der Waals surface area contributed by atoms with Gasteiger partial charge < -0.3 is 10.3 Å². The van der Waals surface area contributed by atoms with Gasteiger partial charge >= 0.3 is 0 Å². The Kier molecular flexibility index (Phi) is 8.11. The Morgan fingerprint density at radius 3 is 2.85 bits per heavy atom. The van der Waals surface area contributed by atoms with E-state index in [1.165, 1.54) is 35.7 Å². The molecule has 2 aromatic heterocycles. The second-order valence-corrected chi connectivity index (χ2v) is 11.9. The number of H-pyrrole nitrogens is 1. The summed E-state index contributed by atoms with van der Waals surface area (Å²) in [6.07, 6.45) is 2.57. The van der Waals surface area contributed by atoms with E-state index in [0.29, 0.717) is 23.5 Å². The molecule has 2 unspecified atom stereocenters. The van der Waals surface area contributed by atoms with Crippen LogP contribution in [0, 0.1) is 19.8 Å². The third-order valence-corrected chi connectivity index (χ3v) is 8.89. The fourth-order valence-corrected chi connectivity index (χ4v) is 6.36. The first-order chi connectivity index (χ1) is 16.3. The molecule has 0 aliphatic carbocycles. The number of aromatic nitrogens is 2. The van der Waals surface area contributed by atoms with Gasteiger partial charge in [-0.15, -0.1) is 23.1 Å². The Morgan fingerprint density at radius 2 is 2.09 bits per heavy atom. The van der Waals surface area contributed by atoms with Crippen molar-refractivity contribution in [3.8, 4) is 0 Å². The average Bonchev–Trinajstić information content (AvgIpc) is 3.10. The Balaban J connectivity index is 1.32. The van der Waals surface area contributed by atoms with Crippen LogP contribution in [-0.4, -0.2) is 39.1 Å². The molecule has 1 aliphatic heterocycles. The Hall–Kier alpha value is -2.16. The molecule has 0 radical (unpaired) electrons. The number of benzene rings is 1. The van der Waals surface area contributed by atoms with Gasteiger partial charge in [0, 0.05) is 24.5 Å². The topological polar surface area (TPSA) is 78.1 Å². The molecule has 2 N–H and O–H groups in total. The molecular weight excluding hydrogens is 464 g/mol. The van der Waals surface area contributed by atoms with Crippen LogP contribution in [0.4, 0.5) is 0 Å². The predicted molar refractivity (Wildman–Crippen MR) is 142 cm³/mol. The summed E-state index contributed by atoms with van der Waals surface area (Å²) >= 11 is 3.03. The molecular formula is C26H34N4O2S2. The lowest BCUT2D eigenvalue weighted by molar-refractivity contribution is -0.120. The minimum absolute atomic E-state index is 0.00219. The van der Waals surface area contributed by atoms with Crippen molar-refractivity contribution in [3.05, 3.63) is 62.0 Å². The van der Waals surface area contributed by atoms with Crippen LogP contribution in [0.15, 0.2) is 29.1 Å². The molecule has 3 heterocycles. The first-order valence-electron chi connectivity index (χ1n) is 12.0. The zero-order valence-electron chi connectivity index (χ0n) is 20.4. The van der Waals surface area contributed by atoms with Crippen molar-refractivity contribution in [3.63, 3.8) is 0 Å². The van der Waals surface area contributed by atoms with E-state index < -0.39 is 0 Å². The van der Waals surface area contributed by atoms with Gasteiger partial charge in [-0.1, -0.05) is 31.2 Å². The Morgan fingerprint density at radius 1 is 1.32 bits per heavy atom. The first kappa shape index (κ1) is 24.9. The molecule has 6 nitrogen and oxygen atoms in total. The lowest BCUT2D eigenvalue weighted by Crippen LogP contribution is -2.34. The number of rotatable bonds is 8. The molecule has 34 heavy (non-hydrogen) atoms. The highest BCUT2D eigenvalue weighted by Gasteiger charge is 2.19. The third-order valence-electron chi connectivity index (χ3n) is 6.63. The van der Waals surface area contributed by atoms with Gasteiger partial charge in [-0.2, -0.15) is 0 Å². The molecule has 1 fully saturated rings. The van der Waals surface area contributed by atoms with Crippen molar-refractivity contribution in [2.24, 2.45) is 5.92 Å². The van der Waals surface area contributed by atoms with E-state index in [1.54, 1.807) is 11.3 Å². The number of piperidine rings is 1. The summed E-state index contributed by atoms with van der Waals surface area (Å²) in [6, 6.07) is 8.39. The number of hydrogen-bond donors (Lipinski definition) is 2. The number of fused-ring (bicyclic) bond motifs is 1. The second-order valence-electron chi connectivity index (χ2n) is 9.40. The van der Waals surface area contributed by atoms with Gasteiger partial charge in [0.05, 0.1) is 16.4 Å². The molecule has 182 valence electrons. The predicted octanol–water partition coefficient (Wildman–Crippen LogP) is 4.77. The van der Waals surface area contributed by atoms with E-state index in [2.05, 4.69) is 45.3 Å². The fraction of sp³-hybridized carbons (Fsp3) is 0.500. The molecule has 0 spiro atoms. The number of thiophene rings is 1. The van der Waals surface area contributed by atoms with Gasteiger partial charge in [0.15, 0.2) is 0 Å². The van der Waals surface area contributed by atoms with Crippen LogP contribution in [0.1, 0.15) is 54.1 Å². The number of amides is 1. The lowest BCUT2D eigenvalue weighted by atomic mass is 9.99. The quantitative estimate of drug-likeness (QED) is 0.468. The van der Waals surface area contributed by atoms with Crippen LogP contribution in [0.2, 0.25) is 0 Å². The van der Waals surface area contributed by atoms with Gasteiger partial charge in [-0.3, -0.25) is 14.5 Å². The van der Waals surface area contributed by atoms with Crippen LogP contribution in [0.5, 0.6) is 0 Å². The maximum absolute atomic E-state index is 12.8. The smallest absolute Gasteiger partial charge is 0.259 e. The number of carbonyl (C=O) groups is 1. The Labute approximate surface area is 209 Å². The summed E-state index contributed by atoms with van der Waals surface area (Å²) < 4.78 is 0. The summed E-state index contributed by atoms with van der Waals surface area (Å²) in [7, 11) is 0. The number of hydrogen-bond acceptors (Lipinski definition) is 6. The third kappa shape index (κ3) is 5.90. The van der Waals surface area contributed by atoms with Gasteiger partial charge in [-0.25, -0.2) is 4.98 Å². The molecule has 2 atom stereocenters. The molecule has 1 aliphatic rings. The number of thioether (sulfide) groups is 1. The van der Waals surface area contributed by atoms with Crippen molar-refractivity contribution in [2.45, 2.75) is 64.6 Å². The molecule has 3 aromatic rings. The van der Waals surface area contributed by atoms with E-state index in [4.69, 9.17) is 0 Å². The van der Waals surface area contributed by atoms with E-state index in [0.717, 1.165) is 40.8 Å². The zero-order chi connectivity index (χ0) is 24.2. The number of nitrogens with zero attached hydrogens (tertiary/aromatic N) is 2. The molecule has 1 aromatic carbocycles. The van der Waals surface area contributed by atoms with E-state index in [9.17, 15) is 9.59 Å². The van der Waals surface area contributed by atoms with Crippen molar-refractivity contribution >= 4 is 39.2 Å².